The molecule has 1 heterocycles. The number of carbonyl (C=O) groups excluding carboxylic acids is 1. The summed E-state index contributed by atoms with van der Waals surface area (Å²) in [6.07, 6.45) is 0.481. The minimum absolute atomic E-state index is 0.202. The number of hydrogen-bond donors (Lipinski definition) is 2. The molecule has 0 aliphatic carbocycles. The van der Waals surface area contributed by atoms with E-state index in [1.807, 2.05) is 24.3 Å². The fourth-order valence-electron chi connectivity index (χ4n) is 2.61. The number of nitrogens with zero attached hydrogens (tertiary/aromatic N) is 2. The molecule has 0 bridgehead atoms. The Labute approximate surface area is 150 Å². The molecule has 26 heavy (non-hydrogen) atoms. The number of aromatic nitrogens is 2. The van der Waals surface area contributed by atoms with Gasteiger partial charge in [-0.05, 0) is 29.3 Å². The van der Waals surface area contributed by atoms with Crippen LogP contribution in [0.2, 0.25) is 0 Å². The van der Waals surface area contributed by atoms with E-state index in [1.165, 1.54) is 19.1 Å². The Balaban J connectivity index is 1.84. The lowest BCUT2D eigenvalue weighted by molar-refractivity contribution is -0.119. The molecule has 1 aromatic heterocycles. The van der Waals surface area contributed by atoms with Crippen molar-refractivity contribution >= 4 is 5.91 Å². The third-order valence-corrected chi connectivity index (χ3v) is 3.89. The lowest BCUT2D eigenvalue weighted by Gasteiger charge is -2.14. The van der Waals surface area contributed by atoms with Gasteiger partial charge in [0.1, 0.15) is 11.9 Å². The minimum Gasteiger partial charge on any atom is -0.418 e. The zero-order chi connectivity index (χ0) is 18.5. The SMILES string of the molecule is CC(=O)NC(Cc1ccc(CN)cc1)c1nnc(-c2cccc(F)c2)o1. The van der Waals surface area contributed by atoms with E-state index in [0.717, 1.165) is 11.1 Å². The lowest BCUT2D eigenvalue weighted by Crippen LogP contribution is -2.28. The first-order chi connectivity index (χ1) is 12.5. The van der Waals surface area contributed by atoms with Gasteiger partial charge in [-0.25, -0.2) is 4.39 Å². The Morgan fingerprint density at radius 1 is 1.19 bits per heavy atom. The van der Waals surface area contributed by atoms with Crippen molar-refractivity contribution in [3.05, 3.63) is 71.4 Å². The molecule has 0 aliphatic rings. The van der Waals surface area contributed by atoms with Crippen LogP contribution in [0.3, 0.4) is 0 Å². The van der Waals surface area contributed by atoms with Crippen molar-refractivity contribution in [2.75, 3.05) is 0 Å². The Morgan fingerprint density at radius 2 is 1.92 bits per heavy atom. The number of benzene rings is 2. The second-order valence-corrected chi connectivity index (χ2v) is 5.93. The number of amides is 1. The van der Waals surface area contributed by atoms with Crippen molar-refractivity contribution in [3.63, 3.8) is 0 Å². The summed E-state index contributed by atoms with van der Waals surface area (Å²) in [5, 5.41) is 10.8. The summed E-state index contributed by atoms with van der Waals surface area (Å²) in [5.74, 6) is -0.129. The average molecular weight is 354 g/mol. The highest BCUT2D eigenvalue weighted by atomic mass is 19.1. The van der Waals surface area contributed by atoms with E-state index in [0.29, 0.717) is 18.5 Å². The fourth-order valence-corrected chi connectivity index (χ4v) is 2.61. The molecule has 6 nitrogen and oxygen atoms in total. The fraction of sp³-hybridized carbons (Fsp3) is 0.211. The van der Waals surface area contributed by atoms with Gasteiger partial charge in [0.2, 0.25) is 17.7 Å². The molecule has 2 aromatic carbocycles. The molecule has 3 aromatic rings. The van der Waals surface area contributed by atoms with E-state index in [2.05, 4.69) is 15.5 Å². The third kappa shape index (κ3) is 4.31. The van der Waals surface area contributed by atoms with Gasteiger partial charge in [0, 0.05) is 25.5 Å². The van der Waals surface area contributed by atoms with Gasteiger partial charge >= 0.3 is 0 Å². The van der Waals surface area contributed by atoms with Crippen LogP contribution in [0.4, 0.5) is 4.39 Å². The predicted octanol–water partition coefficient (Wildman–Crippen LogP) is 2.75. The predicted molar refractivity (Wildman–Crippen MR) is 94.3 cm³/mol. The number of nitrogens with one attached hydrogen (secondary N) is 1. The van der Waals surface area contributed by atoms with Crippen LogP contribution >= 0.6 is 0 Å². The molecule has 1 amide bonds. The van der Waals surface area contributed by atoms with Crippen molar-refractivity contribution in [1.29, 1.82) is 0 Å². The smallest absolute Gasteiger partial charge is 0.247 e. The molecule has 7 heteroatoms. The zero-order valence-electron chi connectivity index (χ0n) is 14.3. The Morgan fingerprint density at radius 3 is 2.58 bits per heavy atom. The molecular weight excluding hydrogens is 335 g/mol. The summed E-state index contributed by atoms with van der Waals surface area (Å²) < 4.78 is 19.1. The summed E-state index contributed by atoms with van der Waals surface area (Å²) >= 11 is 0. The van der Waals surface area contributed by atoms with E-state index < -0.39 is 6.04 Å². The molecule has 0 aliphatic heterocycles. The molecule has 0 spiro atoms. The van der Waals surface area contributed by atoms with E-state index in [4.69, 9.17) is 10.2 Å². The maximum Gasteiger partial charge on any atom is 0.247 e. The first kappa shape index (κ1) is 17.8. The summed E-state index contributed by atoms with van der Waals surface area (Å²) in [4.78, 5) is 11.6. The van der Waals surface area contributed by atoms with Crippen molar-refractivity contribution in [3.8, 4) is 11.5 Å². The van der Waals surface area contributed by atoms with E-state index in [9.17, 15) is 9.18 Å². The first-order valence-corrected chi connectivity index (χ1v) is 8.19. The van der Waals surface area contributed by atoms with Gasteiger partial charge in [0.15, 0.2) is 0 Å². The van der Waals surface area contributed by atoms with Crippen LogP contribution in [0.15, 0.2) is 52.9 Å². The monoisotopic (exact) mass is 354 g/mol. The molecule has 1 unspecified atom stereocenters. The van der Waals surface area contributed by atoms with Crippen molar-refractivity contribution in [1.82, 2.24) is 15.5 Å². The van der Waals surface area contributed by atoms with Gasteiger partial charge in [-0.2, -0.15) is 0 Å². The quantitative estimate of drug-likeness (QED) is 0.710. The van der Waals surface area contributed by atoms with Gasteiger partial charge in [-0.15, -0.1) is 10.2 Å². The Hall–Kier alpha value is -3.06. The number of carbonyl (C=O) groups is 1. The molecule has 0 saturated heterocycles. The van der Waals surface area contributed by atoms with Gasteiger partial charge in [0.05, 0.1) is 0 Å². The normalized spacial score (nSPS) is 12.0. The largest absolute Gasteiger partial charge is 0.418 e. The van der Waals surface area contributed by atoms with Crippen molar-refractivity contribution in [2.24, 2.45) is 5.73 Å². The first-order valence-electron chi connectivity index (χ1n) is 8.19. The molecule has 0 saturated carbocycles. The summed E-state index contributed by atoms with van der Waals surface area (Å²) in [6.45, 7) is 1.89. The Bertz CT molecular complexity index is 893. The highest BCUT2D eigenvalue weighted by molar-refractivity contribution is 5.73. The maximum atomic E-state index is 13.4. The zero-order valence-corrected chi connectivity index (χ0v) is 14.3. The second-order valence-electron chi connectivity index (χ2n) is 5.93. The van der Waals surface area contributed by atoms with Gasteiger partial charge < -0.3 is 15.5 Å². The number of nitrogens with two attached hydrogens (primary N) is 1. The van der Waals surface area contributed by atoms with Crippen LogP contribution < -0.4 is 11.1 Å². The molecule has 0 radical (unpaired) electrons. The second kappa shape index (κ2) is 7.88. The van der Waals surface area contributed by atoms with Crippen LogP contribution in [0.25, 0.3) is 11.5 Å². The van der Waals surface area contributed by atoms with Gasteiger partial charge in [0.25, 0.3) is 0 Å². The molecule has 134 valence electrons. The standard InChI is InChI=1S/C19H19FN4O2/c1-12(25)22-17(9-13-5-7-14(11-21)8-6-13)19-24-23-18(26-19)15-3-2-4-16(20)10-15/h2-8,10,17H,9,11,21H2,1H3,(H,22,25). The van der Waals surface area contributed by atoms with Crippen molar-refractivity contribution < 1.29 is 13.6 Å². The van der Waals surface area contributed by atoms with Gasteiger partial charge in [-0.3, -0.25) is 4.79 Å². The molecule has 0 fully saturated rings. The lowest BCUT2D eigenvalue weighted by atomic mass is 10.0. The maximum absolute atomic E-state index is 13.4. The third-order valence-electron chi connectivity index (χ3n) is 3.89. The summed E-state index contributed by atoms with van der Waals surface area (Å²) in [5.41, 5.74) is 8.11. The van der Waals surface area contributed by atoms with Crippen molar-refractivity contribution in [2.45, 2.75) is 25.9 Å². The Kier molecular flexibility index (Phi) is 5.38. The van der Waals surface area contributed by atoms with Crippen LogP contribution in [-0.2, 0) is 17.8 Å². The summed E-state index contributed by atoms with van der Waals surface area (Å²) in [6, 6.07) is 13.2. The van der Waals surface area contributed by atoms with E-state index in [-0.39, 0.29) is 23.5 Å². The highest BCUT2D eigenvalue weighted by Gasteiger charge is 2.21. The minimum atomic E-state index is -0.481. The van der Waals surface area contributed by atoms with E-state index in [1.54, 1.807) is 12.1 Å². The van der Waals surface area contributed by atoms with Crippen LogP contribution in [0.1, 0.15) is 30.0 Å². The average Bonchev–Trinajstić information content (AvgIpc) is 3.11. The summed E-state index contributed by atoms with van der Waals surface area (Å²) in [7, 11) is 0. The van der Waals surface area contributed by atoms with Crippen LogP contribution in [-0.4, -0.2) is 16.1 Å². The number of halogens is 1. The van der Waals surface area contributed by atoms with E-state index >= 15 is 0 Å². The van der Waals surface area contributed by atoms with Crippen LogP contribution in [0.5, 0.6) is 0 Å². The molecular formula is C19H19FN4O2. The topological polar surface area (TPSA) is 94.0 Å². The van der Waals surface area contributed by atoms with Crippen LogP contribution in [0, 0.1) is 5.82 Å². The number of rotatable bonds is 6. The molecule has 3 rings (SSSR count). The van der Waals surface area contributed by atoms with Gasteiger partial charge in [-0.1, -0.05) is 30.3 Å². The number of hydrogen-bond acceptors (Lipinski definition) is 5. The molecule has 3 N–H and O–H groups in total. The highest BCUT2D eigenvalue weighted by Crippen LogP contribution is 2.23. The molecule has 1 atom stereocenters.